The van der Waals surface area contributed by atoms with Gasteiger partial charge in [-0.05, 0) is 69.4 Å². The van der Waals surface area contributed by atoms with Gasteiger partial charge in [-0.3, -0.25) is 4.79 Å². The van der Waals surface area contributed by atoms with Gasteiger partial charge in [0, 0.05) is 27.8 Å². The molecule has 5 heteroatoms. The Balaban J connectivity index is 1.42. The molecule has 0 bridgehead atoms. The zero-order valence-corrected chi connectivity index (χ0v) is 24.1. The van der Waals surface area contributed by atoms with Gasteiger partial charge < -0.3 is 4.90 Å². The summed E-state index contributed by atoms with van der Waals surface area (Å²) in [5.74, 6) is -0.168. The van der Waals surface area contributed by atoms with Gasteiger partial charge in [0.1, 0.15) is 25.6 Å². The van der Waals surface area contributed by atoms with Gasteiger partial charge in [-0.25, -0.2) is 0 Å². The van der Waals surface area contributed by atoms with E-state index in [0.29, 0.717) is 22.3 Å². The van der Waals surface area contributed by atoms with Crippen LogP contribution in [0.3, 0.4) is 0 Å². The normalized spacial score (nSPS) is 15.4. The monoisotopic (exact) mass is 551 g/mol. The Bertz CT molecular complexity index is 2140. The van der Waals surface area contributed by atoms with Gasteiger partial charge in [0.05, 0.1) is 11.4 Å². The van der Waals surface area contributed by atoms with E-state index in [9.17, 15) is 15.3 Å². The lowest BCUT2D eigenvalue weighted by molar-refractivity contribution is 0.104. The molecule has 0 unspecified atom stereocenters. The van der Waals surface area contributed by atoms with Crippen molar-refractivity contribution < 1.29 is 4.79 Å². The molecule has 0 aromatic heterocycles. The number of fused-ring (bicyclic) bond motifs is 5. The first-order valence-electron chi connectivity index (χ1n) is 14.3. The Morgan fingerprint density at radius 1 is 0.814 bits per heavy atom. The second-order valence-electron chi connectivity index (χ2n) is 11.7. The maximum atomic E-state index is 13.6. The van der Waals surface area contributed by atoms with Gasteiger partial charge >= 0.3 is 0 Å². The van der Waals surface area contributed by atoms with Gasteiger partial charge in [-0.1, -0.05) is 92.1 Å². The van der Waals surface area contributed by atoms with Crippen LogP contribution in [-0.2, 0) is 5.41 Å². The Kier molecular flexibility index (Phi) is 5.94. The average molecular weight is 551 g/mol. The molecule has 1 heterocycles. The molecule has 0 amide bonds. The number of Topliss-reactive ketones (excluding diaryl/α,β-unsaturated/α-hetero) is 1. The van der Waals surface area contributed by atoms with Crippen LogP contribution in [0, 0.1) is 22.7 Å². The highest BCUT2D eigenvalue weighted by molar-refractivity contribution is 6.35. The molecule has 43 heavy (non-hydrogen) atoms. The molecule has 202 valence electrons. The SMILES string of the molecule is Bc1ccc2c(c1)C(=O)/C(=C\c1ccc3c4c(ccc3c1)N(c1ccccc1)c1ccccc1C4(C)C)C2=C(C#N)C#N. The number of nitrogens with zero attached hydrogens (tertiary/aromatic N) is 3. The highest BCUT2D eigenvalue weighted by Gasteiger charge is 2.38. The molecule has 5 aromatic rings. The number of allylic oxidation sites excluding steroid dienone is 3. The molecule has 0 radical (unpaired) electrons. The quantitative estimate of drug-likeness (QED) is 0.131. The predicted molar refractivity (Wildman–Crippen MR) is 176 cm³/mol. The van der Waals surface area contributed by atoms with E-state index in [2.05, 4.69) is 91.5 Å². The van der Waals surface area contributed by atoms with Crippen LogP contribution in [0.25, 0.3) is 22.4 Å². The van der Waals surface area contributed by atoms with E-state index < -0.39 is 0 Å². The molecule has 0 fully saturated rings. The molecular weight excluding hydrogens is 525 g/mol. The van der Waals surface area contributed by atoms with E-state index in [0.717, 1.165) is 33.2 Å². The number of hydrogen-bond acceptors (Lipinski definition) is 4. The third kappa shape index (κ3) is 3.94. The fourth-order valence-corrected chi connectivity index (χ4v) is 6.76. The number of benzene rings is 5. The summed E-state index contributed by atoms with van der Waals surface area (Å²) >= 11 is 0. The Morgan fingerprint density at radius 3 is 2.33 bits per heavy atom. The highest BCUT2D eigenvalue weighted by Crippen LogP contribution is 2.53. The average Bonchev–Trinajstić information content (AvgIpc) is 3.28. The second-order valence-corrected chi connectivity index (χ2v) is 11.7. The maximum Gasteiger partial charge on any atom is 0.194 e. The fraction of sp³-hybridized carbons (Fsp3) is 0.0789. The molecule has 7 rings (SSSR count). The lowest BCUT2D eigenvalue weighted by Gasteiger charge is -2.42. The van der Waals surface area contributed by atoms with E-state index in [4.69, 9.17) is 0 Å². The molecule has 0 atom stereocenters. The Labute approximate surface area is 251 Å². The number of anilines is 3. The van der Waals surface area contributed by atoms with Gasteiger partial charge in [-0.2, -0.15) is 10.5 Å². The molecule has 0 spiro atoms. The number of carbonyl (C=O) groups is 1. The molecule has 0 saturated heterocycles. The minimum Gasteiger partial charge on any atom is -0.310 e. The Hall–Kier alpha value is -5.65. The largest absolute Gasteiger partial charge is 0.310 e. The predicted octanol–water partition coefficient (Wildman–Crippen LogP) is 7.29. The van der Waals surface area contributed by atoms with E-state index in [1.807, 2.05) is 56.4 Å². The van der Waals surface area contributed by atoms with Gasteiger partial charge in [0.15, 0.2) is 5.78 Å². The summed E-state index contributed by atoms with van der Waals surface area (Å²) in [6, 6.07) is 39.2. The molecule has 1 aliphatic heterocycles. The number of hydrogen-bond donors (Lipinski definition) is 0. The fourth-order valence-electron chi connectivity index (χ4n) is 6.76. The summed E-state index contributed by atoms with van der Waals surface area (Å²) in [5.41, 5.74) is 9.33. The zero-order valence-electron chi connectivity index (χ0n) is 24.1. The molecule has 5 aromatic carbocycles. The minimum atomic E-state index is -0.262. The number of ketones is 1. The number of carbonyl (C=O) groups excluding carboxylic acids is 1. The van der Waals surface area contributed by atoms with Crippen LogP contribution in [0.5, 0.6) is 0 Å². The molecular formula is C38H26BN3O. The first-order valence-corrected chi connectivity index (χ1v) is 14.3. The van der Waals surface area contributed by atoms with Crippen molar-refractivity contribution in [2.45, 2.75) is 19.3 Å². The summed E-state index contributed by atoms with van der Waals surface area (Å²) in [4.78, 5) is 15.9. The maximum absolute atomic E-state index is 13.6. The van der Waals surface area contributed by atoms with Crippen LogP contribution in [0.1, 0.15) is 46.5 Å². The van der Waals surface area contributed by atoms with E-state index in [1.165, 1.54) is 16.8 Å². The van der Waals surface area contributed by atoms with Crippen LogP contribution < -0.4 is 10.4 Å². The van der Waals surface area contributed by atoms with Gasteiger partial charge in [-0.15, -0.1) is 0 Å². The zero-order chi connectivity index (χ0) is 29.9. The third-order valence-electron chi connectivity index (χ3n) is 8.71. The van der Waals surface area contributed by atoms with Crippen LogP contribution in [-0.4, -0.2) is 13.6 Å². The van der Waals surface area contributed by atoms with Crippen LogP contribution in [0.2, 0.25) is 0 Å². The summed E-state index contributed by atoms with van der Waals surface area (Å²) < 4.78 is 0. The van der Waals surface area contributed by atoms with Crippen LogP contribution in [0.15, 0.2) is 114 Å². The van der Waals surface area contributed by atoms with Gasteiger partial charge in [0.2, 0.25) is 0 Å². The third-order valence-corrected chi connectivity index (χ3v) is 8.71. The first-order chi connectivity index (χ1) is 20.8. The van der Waals surface area contributed by atoms with E-state index in [-0.39, 0.29) is 16.8 Å². The highest BCUT2D eigenvalue weighted by atomic mass is 16.1. The van der Waals surface area contributed by atoms with Crippen molar-refractivity contribution in [2.75, 3.05) is 4.90 Å². The van der Waals surface area contributed by atoms with Crippen molar-refractivity contribution in [3.05, 3.63) is 142 Å². The van der Waals surface area contributed by atoms with Crippen molar-refractivity contribution >= 4 is 58.6 Å². The molecule has 2 aliphatic rings. The Morgan fingerprint density at radius 2 is 1.56 bits per heavy atom. The number of para-hydroxylation sites is 2. The van der Waals surface area contributed by atoms with Crippen molar-refractivity contribution in [2.24, 2.45) is 0 Å². The summed E-state index contributed by atoms with van der Waals surface area (Å²) in [6.07, 6.45) is 1.82. The summed E-state index contributed by atoms with van der Waals surface area (Å²) in [5, 5.41) is 21.7. The van der Waals surface area contributed by atoms with Crippen molar-refractivity contribution in [1.29, 1.82) is 10.5 Å². The molecule has 0 N–H and O–H groups in total. The van der Waals surface area contributed by atoms with Gasteiger partial charge in [0.25, 0.3) is 0 Å². The van der Waals surface area contributed by atoms with Crippen molar-refractivity contribution in [3.8, 4) is 12.1 Å². The van der Waals surface area contributed by atoms with E-state index in [1.54, 1.807) is 0 Å². The summed E-state index contributed by atoms with van der Waals surface area (Å²) in [6.45, 7) is 4.56. The second kappa shape index (κ2) is 9.73. The smallest absolute Gasteiger partial charge is 0.194 e. The lowest BCUT2D eigenvalue weighted by atomic mass is 9.71. The van der Waals surface area contributed by atoms with Crippen LogP contribution >= 0.6 is 0 Å². The van der Waals surface area contributed by atoms with Crippen molar-refractivity contribution in [1.82, 2.24) is 0 Å². The van der Waals surface area contributed by atoms with E-state index >= 15 is 0 Å². The minimum absolute atomic E-state index is 0.0570. The standard InChI is InChI=1S/C38H26BN3O/c1-38(2)32-10-6-7-11-33(32)42(27-8-4-3-5-9-27)34-17-13-24-18-23(12-15-28(24)36(34)38)19-31-35(25(21-40)22-41)29-16-14-26(39)20-30(29)37(31)43/h3-20H,39H2,1-2H3/b31-19-. The van der Waals surface area contributed by atoms with Crippen LogP contribution in [0.4, 0.5) is 17.1 Å². The van der Waals surface area contributed by atoms with Crippen molar-refractivity contribution in [3.63, 3.8) is 0 Å². The molecule has 4 nitrogen and oxygen atoms in total. The topological polar surface area (TPSA) is 67.9 Å². The molecule has 0 saturated carbocycles. The molecule has 1 aliphatic carbocycles. The summed E-state index contributed by atoms with van der Waals surface area (Å²) in [7, 11) is 1.93. The first kappa shape index (κ1) is 26.3. The number of rotatable bonds is 2. The lowest BCUT2D eigenvalue weighted by Crippen LogP contribution is -2.30. The number of nitriles is 2.